The number of nitrogens with one attached hydrogen (secondary N) is 1. The molecule has 2 amide bonds. The van der Waals surface area contributed by atoms with Crippen molar-refractivity contribution in [1.82, 2.24) is 10.2 Å². The number of nitrogens with zero attached hydrogens (tertiary/aromatic N) is 2. The summed E-state index contributed by atoms with van der Waals surface area (Å²) in [5.74, 6) is -0.525. The molecule has 1 atom stereocenters. The van der Waals surface area contributed by atoms with Crippen molar-refractivity contribution in [2.75, 3.05) is 17.4 Å². The Morgan fingerprint density at radius 1 is 0.902 bits per heavy atom. The quantitative estimate of drug-likeness (QED) is 0.276. The van der Waals surface area contributed by atoms with E-state index < -0.39 is 28.5 Å². The lowest BCUT2D eigenvalue weighted by Crippen LogP contribution is -2.52. The van der Waals surface area contributed by atoms with E-state index >= 15 is 0 Å². The summed E-state index contributed by atoms with van der Waals surface area (Å²) in [4.78, 5) is 29.1. The lowest BCUT2D eigenvalue weighted by molar-refractivity contribution is -0.140. The van der Waals surface area contributed by atoms with Crippen LogP contribution in [0.1, 0.15) is 49.4 Å². The number of carbonyl (C=O) groups excluding carboxylic acids is 2. The van der Waals surface area contributed by atoms with Crippen molar-refractivity contribution in [2.24, 2.45) is 5.92 Å². The molecule has 0 radical (unpaired) electrons. The molecule has 220 valence electrons. The largest absolute Gasteiger partial charge is 0.354 e. The van der Waals surface area contributed by atoms with Gasteiger partial charge in [0, 0.05) is 18.1 Å². The number of benzene rings is 3. The Balaban J connectivity index is 2.08. The van der Waals surface area contributed by atoms with Crippen molar-refractivity contribution in [2.45, 2.75) is 65.4 Å². The van der Waals surface area contributed by atoms with Crippen LogP contribution in [0.5, 0.6) is 0 Å². The predicted molar refractivity (Wildman–Crippen MR) is 166 cm³/mol. The highest BCUT2D eigenvalue weighted by molar-refractivity contribution is 7.92. The Labute approximate surface area is 249 Å². The van der Waals surface area contributed by atoms with Crippen LogP contribution in [0.15, 0.2) is 71.6 Å². The van der Waals surface area contributed by atoms with Crippen molar-refractivity contribution < 1.29 is 18.0 Å². The smallest absolute Gasteiger partial charge is 0.264 e. The summed E-state index contributed by atoms with van der Waals surface area (Å²) in [7, 11) is -4.12. The molecule has 0 heterocycles. The first-order valence-electron chi connectivity index (χ1n) is 13.8. The van der Waals surface area contributed by atoms with E-state index in [1.807, 2.05) is 53.7 Å². The molecule has 1 N–H and O–H groups in total. The average Bonchev–Trinajstić information content (AvgIpc) is 2.93. The van der Waals surface area contributed by atoms with Gasteiger partial charge in [-0.05, 0) is 80.1 Å². The Morgan fingerprint density at radius 3 is 2.10 bits per heavy atom. The van der Waals surface area contributed by atoms with E-state index in [0.29, 0.717) is 29.2 Å². The summed E-state index contributed by atoms with van der Waals surface area (Å²) in [5.41, 5.74) is 3.69. The van der Waals surface area contributed by atoms with Gasteiger partial charge in [0.1, 0.15) is 12.6 Å². The zero-order valence-electron chi connectivity index (χ0n) is 24.6. The standard InChI is InChI=1S/C32H40ClN3O4S/c1-7-29(32(38)34-19-22(2)3)35(20-26-12-14-27(33)15-13-26)31(37)21-36(30-18-24(5)8-11-25(30)6)41(39,40)28-16-9-23(4)10-17-28/h8-18,22,29H,7,19-21H2,1-6H3,(H,34,38). The van der Waals surface area contributed by atoms with Crippen LogP contribution < -0.4 is 9.62 Å². The summed E-state index contributed by atoms with van der Waals surface area (Å²) in [6.07, 6.45) is 0.359. The molecule has 0 aliphatic carbocycles. The van der Waals surface area contributed by atoms with Crippen LogP contribution in [-0.4, -0.2) is 44.3 Å². The molecule has 3 aromatic rings. The topological polar surface area (TPSA) is 86.8 Å². The zero-order chi connectivity index (χ0) is 30.3. The minimum Gasteiger partial charge on any atom is -0.354 e. The van der Waals surface area contributed by atoms with Crippen LogP contribution in [0, 0.1) is 26.7 Å². The third-order valence-electron chi connectivity index (χ3n) is 6.86. The van der Waals surface area contributed by atoms with Gasteiger partial charge in [-0.3, -0.25) is 13.9 Å². The first-order chi connectivity index (χ1) is 19.3. The molecule has 0 saturated heterocycles. The molecule has 9 heteroatoms. The highest BCUT2D eigenvalue weighted by Gasteiger charge is 2.34. The second-order valence-corrected chi connectivity index (χ2v) is 13.1. The Hall–Kier alpha value is -3.36. The third-order valence-corrected chi connectivity index (χ3v) is 8.88. The SMILES string of the molecule is CCC(C(=O)NCC(C)C)N(Cc1ccc(Cl)cc1)C(=O)CN(c1cc(C)ccc1C)S(=O)(=O)c1ccc(C)cc1. The van der Waals surface area contributed by atoms with Crippen LogP contribution >= 0.6 is 11.6 Å². The number of carbonyl (C=O) groups is 2. The second-order valence-electron chi connectivity index (χ2n) is 10.8. The van der Waals surface area contributed by atoms with Crippen molar-refractivity contribution >= 4 is 39.1 Å². The van der Waals surface area contributed by atoms with Gasteiger partial charge in [0.05, 0.1) is 10.6 Å². The number of aryl methyl sites for hydroxylation is 3. The summed E-state index contributed by atoms with van der Waals surface area (Å²) < 4.78 is 29.3. The van der Waals surface area contributed by atoms with Gasteiger partial charge in [-0.15, -0.1) is 0 Å². The number of sulfonamides is 1. The van der Waals surface area contributed by atoms with E-state index in [-0.39, 0.29) is 23.3 Å². The van der Waals surface area contributed by atoms with Gasteiger partial charge in [0.15, 0.2) is 0 Å². The predicted octanol–water partition coefficient (Wildman–Crippen LogP) is 6.04. The van der Waals surface area contributed by atoms with Crippen LogP contribution in [-0.2, 0) is 26.2 Å². The van der Waals surface area contributed by atoms with Gasteiger partial charge in [0.25, 0.3) is 10.0 Å². The number of hydrogen-bond acceptors (Lipinski definition) is 4. The van der Waals surface area contributed by atoms with Gasteiger partial charge in [-0.25, -0.2) is 8.42 Å². The van der Waals surface area contributed by atoms with E-state index in [4.69, 9.17) is 11.6 Å². The van der Waals surface area contributed by atoms with Crippen LogP contribution in [0.4, 0.5) is 5.69 Å². The molecular formula is C32H40ClN3O4S. The summed E-state index contributed by atoms with van der Waals surface area (Å²) in [6, 6.07) is 18.3. The minimum atomic E-state index is -4.12. The number of amides is 2. The van der Waals surface area contributed by atoms with Crippen LogP contribution in [0.25, 0.3) is 0 Å². The number of hydrogen-bond donors (Lipinski definition) is 1. The minimum absolute atomic E-state index is 0.0859. The Morgan fingerprint density at radius 2 is 1.51 bits per heavy atom. The molecule has 0 aliphatic heterocycles. The van der Waals surface area contributed by atoms with Crippen molar-refractivity contribution in [3.8, 4) is 0 Å². The summed E-state index contributed by atoms with van der Waals surface area (Å²) >= 11 is 6.09. The third kappa shape index (κ3) is 8.33. The number of rotatable bonds is 12. The Bertz CT molecular complexity index is 1460. The van der Waals surface area contributed by atoms with Gasteiger partial charge in [0.2, 0.25) is 11.8 Å². The fourth-order valence-corrected chi connectivity index (χ4v) is 6.06. The first-order valence-corrected chi connectivity index (χ1v) is 15.6. The Kier molecular flexibility index (Phi) is 11.0. The van der Waals surface area contributed by atoms with E-state index in [0.717, 1.165) is 21.0 Å². The normalized spacial score (nSPS) is 12.2. The number of anilines is 1. The van der Waals surface area contributed by atoms with Crippen LogP contribution in [0.2, 0.25) is 5.02 Å². The maximum Gasteiger partial charge on any atom is 0.264 e. The van der Waals surface area contributed by atoms with E-state index in [1.54, 1.807) is 54.6 Å². The molecule has 3 aromatic carbocycles. The van der Waals surface area contributed by atoms with Crippen molar-refractivity contribution in [3.05, 3.63) is 94.0 Å². The molecular weight excluding hydrogens is 558 g/mol. The van der Waals surface area contributed by atoms with E-state index in [1.165, 1.54) is 4.90 Å². The van der Waals surface area contributed by atoms with E-state index in [9.17, 15) is 18.0 Å². The summed E-state index contributed by atoms with van der Waals surface area (Å²) in [5, 5.41) is 3.49. The lowest BCUT2D eigenvalue weighted by atomic mass is 10.1. The van der Waals surface area contributed by atoms with E-state index in [2.05, 4.69) is 5.32 Å². The number of halogens is 1. The molecule has 0 spiro atoms. The van der Waals surface area contributed by atoms with Crippen LogP contribution in [0.3, 0.4) is 0 Å². The molecule has 0 saturated carbocycles. The lowest BCUT2D eigenvalue weighted by Gasteiger charge is -2.33. The van der Waals surface area contributed by atoms with Gasteiger partial charge >= 0.3 is 0 Å². The van der Waals surface area contributed by atoms with Gasteiger partial charge in [-0.1, -0.05) is 74.3 Å². The maximum atomic E-state index is 14.2. The fraction of sp³-hybridized carbons (Fsp3) is 0.375. The summed E-state index contributed by atoms with van der Waals surface area (Å²) in [6.45, 7) is 11.5. The fourth-order valence-electron chi connectivity index (χ4n) is 4.47. The average molecular weight is 598 g/mol. The zero-order valence-corrected chi connectivity index (χ0v) is 26.2. The molecule has 0 aliphatic rings. The molecule has 41 heavy (non-hydrogen) atoms. The molecule has 0 aromatic heterocycles. The maximum absolute atomic E-state index is 14.2. The highest BCUT2D eigenvalue weighted by atomic mass is 35.5. The monoisotopic (exact) mass is 597 g/mol. The molecule has 0 bridgehead atoms. The molecule has 1 unspecified atom stereocenters. The van der Waals surface area contributed by atoms with Gasteiger partial charge < -0.3 is 10.2 Å². The molecule has 7 nitrogen and oxygen atoms in total. The van der Waals surface area contributed by atoms with Crippen molar-refractivity contribution in [3.63, 3.8) is 0 Å². The molecule has 3 rings (SSSR count). The molecule has 0 fully saturated rings. The first kappa shape index (κ1) is 32.2. The van der Waals surface area contributed by atoms with Crippen molar-refractivity contribution in [1.29, 1.82) is 0 Å². The second kappa shape index (κ2) is 14.0. The van der Waals surface area contributed by atoms with Gasteiger partial charge in [-0.2, -0.15) is 0 Å². The highest BCUT2D eigenvalue weighted by Crippen LogP contribution is 2.29.